The molecule has 0 amide bonds. The monoisotopic (exact) mass is 433 g/mol. The van der Waals surface area contributed by atoms with E-state index < -0.39 is 17.8 Å². The molecule has 0 fully saturated rings. The Morgan fingerprint density at radius 2 is 1.70 bits per heavy atom. The van der Waals surface area contributed by atoms with E-state index in [1.165, 1.54) is 12.1 Å². The molecule has 1 aliphatic rings. The van der Waals surface area contributed by atoms with Gasteiger partial charge in [0.25, 0.3) is 0 Å². The molecule has 3 aromatic carbocycles. The van der Waals surface area contributed by atoms with Crippen LogP contribution < -0.4 is 0 Å². The molecule has 0 spiro atoms. The Labute approximate surface area is 180 Å². The summed E-state index contributed by atoms with van der Waals surface area (Å²) in [6.07, 6.45) is -2.32. The number of β-amino-alcohol motifs (C(OH)–C–C–N with tert-alkyl or cyclic N) is 1. The fourth-order valence-electron chi connectivity index (χ4n) is 3.80. The van der Waals surface area contributed by atoms with Gasteiger partial charge in [-0.2, -0.15) is 13.2 Å². The van der Waals surface area contributed by atoms with E-state index >= 15 is 0 Å². The number of hydrogen-bond acceptors (Lipinski definition) is 2. The van der Waals surface area contributed by atoms with Crippen LogP contribution in [0, 0.1) is 0 Å². The van der Waals surface area contributed by atoms with E-state index in [4.69, 9.17) is 0 Å². The number of benzene rings is 3. The lowest BCUT2D eigenvalue weighted by Crippen LogP contribution is -2.32. The van der Waals surface area contributed by atoms with Crippen molar-refractivity contribution in [2.75, 3.05) is 19.6 Å². The van der Waals surface area contributed by atoms with E-state index in [1.54, 1.807) is 6.07 Å². The average molecular weight is 434 g/mol. The maximum Gasteiger partial charge on any atom is 0.416 e. The van der Waals surface area contributed by atoms with E-state index in [2.05, 4.69) is 4.90 Å². The van der Waals surface area contributed by atoms with Gasteiger partial charge in [0.1, 0.15) is 0 Å². The Morgan fingerprint density at radius 1 is 0.933 bits per heavy atom. The minimum atomic E-state index is -4.33. The molecule has 1 N–H and O–H groups in total. The molecule has 1 aliphatic heterocycles. The normalized spacial score (nSPS) is 16.1. The smallest absolute Gasteiger partial charge is 0.387 e. The summed E-state index contributed by atoms with van der Waals surface area (Å²) < 4.78 is 38.8. The average Bonchev–Trinajstić information content (AvgIpc) is 2.73. The first-order valence-corrected chi connectivity index (χ1v) is 9.66. The summed E-state index contributed by atoms with van der Waals surface area (Å²) in [6, 6.07) is 19.5. The maximum atomic E-state index is 12.9. The molecule has 2 nitrogen and oxygen atoms in total. The van der Waals surface area contributed by atoms with Crippen LogP contribution in [0.5, 0.6) is 0 Å². The predicted molar refractivity (Wildman–Crippen MR) is 117 cm³/mol. The molecule has 1 heterocycles. The van der Waals surface area contributed by atoms with E-state index in [9.17, 15) is 18.3 Å². The van der Waals surface area contributed by atoms with Crippen LogP contribution in [0.2, 0.25) is 0 Å². The van der Waals surface area contributed by atoms with Gasteiger partial charge in [0.15, 0.2) is 0 Å². The highest BCUT2D eigenvalue weighted by Crippen LogP contribution is 2.32. The third-order valence-corrected chi connectivity index (χ3v) is 5.44. The molecule has 30 heavy (non-hydrogen) atoms. The molecule has 0 aromatic heterocycles. The van der Waals surface area contributed by atoms with Crippen LogP contribution in [0.4, 0.5) is 13.2 Å². The number of hydrogen-bond donors (Lipinski definition) is 1. The topological polar surface area (TPSA) is 23.5 Å². The number of alkyl halides is 3. The van der Waals surface area contributed by atoms with Crippen molar-refractivity contribution in [3.63, 3.8) is 0 Å². The molecule has 0 radical (unpaired) electrons. The van der Waals surface area contributed by atoms with Gasteiger partial charge in [-0.1, -0.05) is 54.6 Å². The molecule has 0 saturated heterocycles. The van der Waals surface area contributed by atoms with Crippen molar-refractivity contribution < 1.29 is 18.3 Å². The fourth-order valence-corrected chi connectivity index (χ4v) is 3.80. The van der Waals surface area contributed by atoms with Gasteiger partial charge in [-0.15, -0.1) is 12.4 Å². The largest absolute Gasteiger partial charge is 0.416 e. The minimum Gasteiger partial charge on any atom is -0.387 e. The van der Waals surface area contributed by atoms with Gasteiger partial charge < -0.3 is 5.11 Å². The molecule has 1 atom stereocenters. The SMILES string of the molecule is Cl.OC(CN1CC=C(c2cccc(C(F)(F)F)c2)CC1)c1ccc2ccccc2c1. The second-order valence-electron chi connectivity index (χ2n) is 7.44. The van der Waals surface area contributed by atoms with Crippen LogP contribution in [0.15, 0.2) is 72.8 Å². The Balaban J connectivity index is 0.00000256. The molecule has 0 bridgehead atoms. The number of aliphatic hydroxyl groups excluding tert-OH is 1. The van der Waals surface area contributed by atoms with Gasteiger partial charge in [0.2, 0.25) is 0 Å². The summed E-state index contributed by atoms with van der Waals surface area (Å²) in [5.41, 5.74) is 1.79. The van der Waals surface area contributed by atoms with Gasteiger partial charge in [0, 0.05) is 19.6 Å². The molecule has 4 rings (SSSR count). The molecular weight excluding hydrogens is 411 g/mol. The van der Waals surface area contributed by atoms with Crippen LogP contribution in [0.3, 0.4) is 0 Å². The summed E-state index contributed by atoms with van der Waals surface area (Å²) in [7, 11) is 0. The molecular formula is C24H23ClF3NO. The first-order chi connectivity index (χ1) is 13.9. The quantitative estimate of drug-likeness (QED) is 0.537. The summed E-state index contributed by atoms with van der Waals surface area (Å²) in [5.74, 6) is 0. The Kier molecular flexibility index (Phi) is 6.86. The van der Waals surface area contributed by atoms with E-state index in [0.29, 0.717) is 31.6 Å². The van der Waals surface area contributed by atoms with Crippen molar-refractivity contribution in [1.82, 2.24) is 4.90 Å². The van der Waals surface area contributed by atoms with Crippen LogP contribution in [0.1, 0.15) is 29.2 Å². The minimum absolute atomic E-state index is 0. The van der Waals surface area contributed by atoms with Gasteiger partial charge in [-0.3, -0.25) is 4.90 Å². The van der Waals surface area contributed by atoms with E-state index in [-0.39, 0.29) is 12.4 Å². The molecule has 158 valence electrons. The van der Waals surface area contributed by atoms with Gasteiger partial charge in [-0.05, 0) is 52.1 Å². The van der Waals surface area contributed by atoms with Crippen molar-refractivity contribution in [3.05, 3.63) is 89.5 Å². The van der Waals surface area contributed by atoms with Crippen LogP contribution >= 0.6 is 12.4 Å². The Morgan fingerprint density at radius 3 is 2.40 bits per heavy atom. The molecule has 0 saturated carbocycles. The lowest BCUT2D eigenvalue weighted by Gasteiger charge is -2.28. The first-order valence-electron chi connectivity index (χ1n) is 9.66. The lowest BCUT2D eigenvalue weighted by atomic mass is 9.97. The van der Waals surface area contributed by atoms with Crippen LogP contribution in [-0.4, -0.2) is 29.6 Å². The van der Waals surface area contributed by atoms with Crippen molar-refractivity contribution in [2.45, 2.75) is 18.7 Å². The van der Waals surface area contributed by atoms with Gasteiger partial charge in [0.05, 0.1) is 11.7 Å². The highest BCUT2D eigenvalue weighted by atomic mass is 35.5. The van der Waals surface area contributed by atoms with Crippen LogP contribution in [0.25, 0.3) is 16.3 Å². The zero-order valence-electron chi connectivity index (χ0n) is 16.3. The van der Waals surface area contributed by atoms with Crippen molar-refractivity contribution in [1.29, 1.82) is 0 Å². The standard InChI is InChI=1S/C24H22F3NO.ClH/c25-24(26,27)22-7-3-6-20(15-22)18-10-12-28(13-11-18)16-23(29)21-9-8-17-4-1-2-5-19(17)14-21;/h1-10,14-15,23,29H,11-13,16H2;1H. The molecule has 0 aliphatic carbocycles. The zero-order chi connectivity index (χ0) is 20.4. The van der Waals surface area contributed by atoms with Gasteiger partial charge in [-0.25, -0.2) is 0 Å². The first kappa shape index (κ1) is 22.3. The highest BCUT2D eigenvalue weighted by Gasteiger charge is 2.30. The number of halogens is 4. The van der Waals surface area contributed by atoms with Gasteiger partial charge >= 0.3 is 6.18 Å². The number of rotatable bonds is 4. The number of nitrogens with zero attached hydrogens (tertiary/aromatic N) is 1. The fraction of sp³-hybridized carbons (Fsp3) is 0.250. The predicted octanol–water partition coefficient (Wildman–Crippen LogP) is 6.10. The van der Waals surface area contributed by atoms with Crippen molar-refractivity contribution in [3.8, 4) is 0 Å². The molecule has 1 unspecified atom stereocenters. The Hall–Kier alpha value is -2.34. The number of fused-ring (bicyclic) bond motifs is 1. The maximum absolute atomic E-state index is 12.9. The third-order valence-electron chi connectivity index (χ3n) is 5.44. The van der Waals surface area contributed by atoms with E-state index in [1.807, 2.05) is 48.5 Å². The second-order valence-corrected chi connectivity index (χ2v) is 7.44. The second kappa shape index (κ2) is 9.21. The van der Waals surface area contributed by atoms with Crippen LogP contribution in [-0.2, 0) is 6.18 Å². The van der Waals surface area contributed by atoms with Crippen molar-refractivity contribution >= 4 is 28.8 Å². The van der Waals surface area contributed by atoms with Crippen molar-refractivity contribution in [2.24, 2.45) is 0 Å². The third kappa shape index (κ3) is 5.04. The summed E-state index contributed by atoms with van der Waals surface area (Å²) in [5, 5.41) is 12.9. The summed E-state index contributed by atoms with van der Waals surface area (Å²) >= 11 is 0. The Bertz CT molecular complexity index is 1050. The lowest BCUT2D eigenvalue weighted by molar-refractivity contribution is -0.137. The van der Waals surface area contributed by atoms with E-state index in [0.717, 1.165) is 28.0 Å². The highest BCUT2D eigenvalue weighted by molar-refractivity contribution is 5.85. The number of aliphatic hydroxyl groups is 1. The molecule has 3 aromatic rings. The zero-order valence-corrected chi connectivity index (χ0v) is 17.1. The summed E-state index contributed by atoms with van der Waals surface area (Å²) in [4.78, 5) is 2.12. The summed E-state index contributed by atoms with van der Waals surface area (Å²) in [6.45, 7) is 1.80. The molecule has 6 heteroatoms.